The van der Waals surface area contributed by atoms with Gasteiger partial charge in [-0.25, -0.2) is 0 Å². The van der Waals surface area contributed by atoms with E-state index in [2.05, 4.69) is 222 Å². The highest BCUT2D eigenvalue weighted by Crippen LogP contribution is 2.45. The molecule has 0 aliphatic heterocycles. The fraction of sp³-hybridized carbons (Fsp3) is 0. The van der Waals surface area contributed by atoms with Crippen molar-refractivity contribution >= 4 is 82.7 Å². The van der Waals surface area contributed by atoms with Gasteiger partial charge < -0.3 is 18.3 Å². The molecule has 0 N–H and O–H groups in total. The number of nitrogens with zero attached hydrogens (tertiary/aromatic N) is 2. The van der Waals surface area contributed by atoms with Gasteiger partial charge in [0.25, 0.3) is 0 Å². The second kappa shape index (κ2) is 14.5. The molecule has 0 radical (unpaired) electrons. The molecule has 10 aromatic carbocycles. The first kappa shape index (κ1) is 36.1. The van der Waals surface area contributed by atoms with E-state index in [1.165, 1.54) is 16.3 Å². The van der Waals surface area contributed by atoms with Crippen molar-refractivity contribution in [1.29, 1.82) is 0 Å². The molecule has 300 valence electrons. The molecule has 64 heavy (non-hydrogen) atoms. The lowest BCUT2D eigenvalue weighted by atomic mass is 9.98. The summed E-state index contributed by atoms with van der Waals surface area (Å²) in [6, 6.07) is 82.2. The molecule has 0 aliphatic rings. The third-order valence-electron chi connectivity index (χ3n) is 12.8. The van der Waals surface area contributed by atoms with Crippen LogP contribution in [0.25, 0.3) is 105 Å². The Bertz CT molecular complexity index is 3840. The predicted molar refractivity (Wildman–Crippen MR) is 266 cm³/mol. The van der Waals surface area contributed by atoms with Crippen molar-refractivity contribution in [3.8, 4) is 39.1 Å². The molecule has 0 bridgehead atoms. The number of rotatable bonds is 7. The summed E-state index contributed by atoms with van der Waals surface area (Å²) in [6.45, 7) is 0. The number of anilines is 3. The third kappa shape index (κ3) is 5.70. The molecule has 4 heteroatoms. The summed E-state index contributed by atoms with van der Waals surface area (Å²) in [5.74, 6) is 0. The van der Waals surface area contributed by atoms with Crippen LogP contribution in [0.2, 0.25) is 0 Å². The first-order valence-electron chi connectivity index (χ1n) is 21.7. The van der Waals surface area contributed by atoms with Gasteiger partial charge in [-0.05, 0) is 83.4 Å². The van der Waals surface area contributed by atoms with E-state index in [0.29, 0.717) is 0 Å². The Balaban J connectivity index is 1.03. The molecule has 0 amide bonds. The molecular weight excluding hydrogens is 781 g/mol. The van der Waals surface area contributed by atoms with Crippen molar-refractivity contribution in [3.05, 3.63) is 231 Å². The fourth-order valence-corrected chi connectivity index (χ4v) is 9.86. The molecule has 0 spiro atoms. The van der Waals surface area contributed by atoms with Crippen molar-refractivity contribution in [2.24, 2.45) is 0 Å². The van der Waals surface area contributed by atoms with Gasteiger partial charge in [-0.15, -0.1) is 0 Å². The number of hydrogen-bond donors (Lipinski definition) is 0. The van der Waals surface area contributed by atoms with Crippen LogP contribution in [0.4, 0.5) is 17.1 Å². The molecule has 0 fully saturated rings. The lowest BCUT2D eigenvalue weighted by molar-refractivity contribution is 0.669. The van der Waals surface area contributed by atoms with Crippen LogP contribution < -0.4 is 4.90 Å². The topological polar surface area (TPSA) is 34.5 Å². The predicted octanol–water partition coefficient (Wildman–Crippen LogP) is 17.1. The number of aromatic nitrogens is 1. The smallest absolute Gasteiger partial charge is 0.143 e. The molecule has 4 nitrogen and oxygen atoms in total. The van der Waals surface area contributed by atoms with Gasteiger partial charge in [0.05, 0.1) is 16.7 Å². The minimum atomic E-state index is 0.866. The zero-order valence-corrected chi connectivity index (χ0v) is 34.7. The van der Waals surface area contributed by atoms with Crippen LogP contribution in [0.5, 0.6) is 0 Å². The maximum absolute atomic E-state index is 6.78. The molecule has 0 atom stereocenters. The van der Waals surface area contributed by atoms with E-state index in [4.69, 9.17) is 8.83 Å². The second-order valence-corrected chi connectivity index (χ2v) is 16.4. The van der Waals surface area contributed by atoms with Gasteiger partial charge in [0, 0.05) is 66.1 Å². The maximum Gasteiger partial charge on any atom is 0.143 e. The van der Waals surface area contributed by atoms with Crippen molar-refractivity contribution in [2.45, 2.75) is 0 Å². The normalized spacial score (nSPS) is 11.8. The van der Waals surface area contributed by atoms with Crippen molar-refractivity contribution in [3.63, 3.8) is 0 Å². The number of furan rings is 2. The Morgan fingerprint density at radius 1 is 0.297 bits per heavy atom. The molecule has 3 heterocycles. The van der Waals surface area contributed by atoms with Gasteiger partial charge in [0.15, 0.2) is 0 Å². The van der Waals surface area contributed by atoms with Gasteiger partial charge >= 0.3 is 0 Å². The quantitative estimate of drug-likeness (QED) is 0.161. The van der Waals surface area contributed by atoms with Crippen LogP contribution in [0.1, 0.15) is 0 Å². The Labute approximate surface area is 369 Å². The SMILES string of the molecule is c1ccc(-c2ccc(N(c3ccc(-c4cccc5c4oc4ccccc45)cc3)c3ccc(-n4c5ccccc5c5ccccc54)c(-c4cccc5c4oc4ccccc45)c3)cc2)cc1. The van der Waals surface area contributed by atoms with Gasteiger partial charge in [-0.3, -0.25) is 0 Å². The monoisotopic (exact) mass is 818 g/mol. The maximum atomic E-state index is 6.78. The van der Waals surface area contributed by atoms with E-state index in [1.54, 1.807) is 0 Å². The summed E-state index contributed by atoms with van der Waals surface area (Å²) in [6.07, 6.45) is 0. The first-order chi connectivity index (χ1) is 31.7. The van der Waals surface area contributed by atoms with E-state index in [1.807, 2.05) is 18.2 Å². The summed E-state index contributed by atoms with van der Waals surface area (Å²) in [5, 5.41) is 6.87. The number of para-hydroxylation sites is 6. The second-order valence-electron chi connectivity index (χ2n) is 16.4. The van der Waals surface area contributed by atoms with Crippen LogP contribution in [0.3, 0.4) is 0 Å². The van der Waals surface area contributed by atoms with Crippen LogP contribution in [-0.2, 0) is 0 Å². The average Bonchev–Trinajstić information content (AvgIpc) is 4.05. The fourth-order valence-electron chi connectivity index (χ4n) is 9.86. The largest absolute Gasteiger partial charge is 0.455 e. The highest BCUT2D eigenvalue weighted by molar-refractivity contribution is 6.13. The standard InChI is InChI=1S/C60H38N2O2/c1-2-14-39(15-3-1)40-28-32-42(33-29-40)61(43-34-30-41(31-35-43)45-20-12-21-50-48-18-6-10-26-57(48)63-59(45)50)44-36-37-56(62-54-24-8-4-16-46(54)47-17-5-9-25-55(47)62)53(38-44)52-23-13-22-51-49-19-7-11-27-58(49)64-60(51)52/h1-38H. The zero-order chi connectivity index (χ0) is 42.1. The third-order valence-corrected chi connectivity index (χ3v) is 12.8. The Morgan fingerprint density at radius 2 is 0.750 bits per heavy atom. The van der Waals surface area contributed by atoms with Crippen LogP contribution >= 0.6 is 0 Å². The highest BCUT2D eigenvalue weighted by atomic mass is 16.3. The molecule has 13 rings (SSSR count). The summed E-state index contributed by atoms with van der Waals surface area (Å²) in [4.78, 5) is 2.36. The Kier molecular flexibility index (Phi) is 8.18. The number of hydrogen-bond acceptors (Lipinski definition) is 3. The minimum absolute atomic E-state index is 0.866. The highest BCUT2D eigenvalue weighted by Gasteiger charge is 2.22. The Morgan fingerprint density at radius 3 is 1.36 bits per heavy atom. The van der Waals surface area contributed by atoms with Gasteiger partial charge in [-0.2, -0.15) is 0 Å². The first-order valence-corrected chi connectivity index (χ1v) is 21.7. The van der Waals surface area contributed by atoms with Gasteiger partial charge in [-0.1, -0.05) is 164 Å². The lowest BCUT2D eigenvalue weighted by Gasteiger charge is -2.27. The van der Waals surface area contributed by atoms with Crippen molar-refractivity contribution < 1.29 is 8.83 Å². The molecule has 0 unspecified atom stereocenters. The van der Waals surface area contributed by atoms with Crippen molar-refractivity contribution in [2.75, 3.05) is 4.90 Å². The minimum Gasteiger partial charge on any atom is -0.455 e. The van der Waals surface area contributed by atoms with E-state index in [-0.39, 0.29) is 0 Å². The molecule has 0 saturated carbocycles. The van der Waals surface area contributed by atoms with E-state index >= 15 is 0 Å². The van der Waals surface area contributed by atoms with Crippen LogP contribution in [0.15, 0.2) is 239 Å². The average molecular weight is 819 g/mol. The Hall–Kier alpha value is -8.60. The van der Waals surface area contributed by atoms with Crippen LogP contribution in [0, 0.1) is 0 Å². The summed E-state index contributed by atoms with van der Waals surface area (Å²) >= 11 is 0. The summed E-state index contributed by atoms with van der Waals surface area (Å²) in [7, 11) is 0. The summed E-state index contributed by atoms with van der Waals surface area (Å²) in [5.41, 5.74) is 16.6. The zero-order valence-electron chi connectivity index (χ0n) is 34.7. The van der Waals surface area contributed by atoms with E-state index in [9.17, 15) is 0 Å². The van der Waals surface area contributed by atoms with E-state index < -0.39 is 0 Å². The molecule has 0 aliphatic carbocycles. The lowest BCUT2D eigenvalue weighted by Crippen LogP contribution is -2.11. The van der Waals surface area contributed by atoms with Crippen molar-refractivity contribution in [1.82, 2.24) is 4.57 Å². The number of benzene rings is 10. The molecular formula is C60H38N2O2. The van der Waals surface area contributed by atoms with Gasteiger partial charge in [0.2, 0.25) is 0 Å². The van der Waals surface area contributed by atoms with Crippen LogP contribution in [-0.4, -0.2) is 4.57 Å². The van der Waals surface area contributed by atoms with Gasteiger partial charge in [0.1, 0.15) is 22.3 Å². The molecule has 3 aromatic heterocycles. The molecule has 13 aromatic rings. The molecule has 0 saturated heterocycles. The summed E-state index contributed by atoms with van der Waals surface area (Å²) < 4.78 is 15.7. The van der Waals surface area contributed by atoms with E-state index in [0.717, 1.165) is 105 Å². The number of fused-ring (bicyclic) bond motifs is 9.